The van der Waals surface area contributed by atoms with Crippen molar-refractivity contribution in [2.24, 2.45) is 0 Å². The van der Waals surface area contributed by atoms with Crippen LogP contribution in [0, 0.1) is 0 Å². The maximum Gasteiger partial charge on any atom is 0.365 e. The van der Waals surface area contributed by atoms with E-state index in [1.807, 2.05) is 42.5 Å². The fourth-order valence-corrected chi connectivity index (χ4v) is 3.61. The van der Waals surface area contributed by atoms with Crippen LogP contribution in [-0.2, 0) is 19.5 Å². The predicted molar refractivity (Wildman–Crippen MR) is 114 cm³/mol. The minimum absolute atomic E-state index is 0.210. The van der Waals surface area contributed by atoms with Gasteiger partial charge in [0.2, 0.25) is 5.13 Å². The fraction of sp³-hybridized carbons (Fsp3) is 0.158. The van der Waals surface area contributed by atoms with Gasteiger partial charge in [0.25, 0.3) is 0 Å². The quantitative estimate of drug-likeness (QED) is 0.439. The van der Waals surface area contributed by atoms with Crippen LogP contribution in [0.5, 0.6) is 0 Å². The molecular formula is C19H18ClN7OS. The molecule has 2 aromatic heterocycles. The van der Waals surface area contributed by atoms with Crippen molar-refractivity contribution in [1.82, 2.24) is 24.7 Å². The molecule has 0 bridgehead atoms. The Kier molecular flexibility index (Phi) is 5.59. The lowest BCUT2D eigenvalue weighted by Gasteiger charge is -2.01. The molecule has 0 aliphatic carbocycles. The topological polar surface area (TPSA) is 104 Å². The van der Waals surface area contributed by atoms with Crippen molar-refractivity contribution in [3.8, 4) is 0 Å². The van der Waals surface area contributed by atoms with E-state index >= 15 is 0 Å². The van der Waals surface area contributed by atoms with Gasteiger partial charge in [-0.25, -0.2) is 9.48 Å². The average Bonchev–Trinajstić information content (AvgIpc) is 3.29. The lowest BCUT2D eigenvalue weighted by atomic mass is 10.1. The summed E-state index contributed by atoms with van der Waals surface area (Å²) in [6, 6.07) is 17.3. The number of rotatable bonds is 7. The SMILES string of the molecule is Nn1c(Cc2ccc(Cl)cc2)nn(Cc2nnc(NCc3ccccc3)s2)c1=O. The van der Waals surface area contributed by atoms with Gasteiger partial charge in [-0.1, -0.05) is 65.4 Å². The summed E-state index contributed by atoms with van der Waals surface area (Å²) in [5.41, 5.74) is 1.71. The number of halogens is 1. The summed E-state index contributed by atoms with van der Waals surface area (Å²) in [4.78, 5) is 12.4. The van der Waals surface area contributed by atoms with Crippen LogP contribution < -0.4 is 16.8 Å². The molecule has 8 nitrogen and oxygen atoms in total. The number of benzene rings is 2. The molecule has 0 amide bonds. The highest BCUT2D eigenvalue weighted by Gasteiger charge is 2.14. The van der Waals surface area contributed by atoms with Crippen molar-refractivity contribution in [3.63, 3.8) is 0 Å². The molecule has 148 valence electrons. The highest BCUT2D eigenvalue weighted by molar-refractivity contribution is 7.15. The molecule has 0 aliphatic rings. The van der Waals surface area contributed by atoms with E-state index in [0.29, 0.717) is 34.0 Å². The molecule has 0 unspecified atom stereocenters. The third kappa shape index (κ3) is 4.64. The molecule has 2 heterocycles. The van der Waals surface area contributed by atoms with Crippen LogP contribution in [-0.4, -0.2) is 24.7 Å². The summed E-state index contributed by atoms with van der Waals surface area (Å²) >= 11 is 7.29. The zero-order valence-electron chi connectivity index (χ0n) is 15.3. The molecule has 29 heavy (non-hydrogen) atoms. The van der Waals surface area contributed by atoms with Crippen molar-refractivity contribution in [2.75, 3.05) is 11.2 Å². The van der Waals surface area contributed by atoms with Crippen molar-refractivity contribution < 1.29 is 0 Å². The van der Waals surface area contributed by atoms with Gasteiger partial charge in [-0.15, -0.1) is 10.2 Å². The summed E-state index contributed by atoms with van der Waals surface area (Å²) in [6.07, 6.45) is 0.426. The first kappa shape index (κ1) is 19.2. The van der Waals surface area contributed by atoms with Crippen LogP contribution >= 0.6 is 22.9 Å². The zero-order valence-corrected chi connectivity index (χ0v) is 16.9. The van der Waals surface area contributed by atoms with Crippen molar-refractivity contribution in [2.45, 2.75) is 19.5 Å². The van der Waals surface area contributed by atoms with E-state index in [2.05, 4.69) is 20.6 Å². The minimum Gasteiger partial charge on any atom is -0.356 e. The van der Waals surface area contributed by atoms with Crippen molar-refractivity contribution in [1.29, 1.82) is 0 Å². The van der Waals surface area contributed by atoms with Gasteiger partial charge in [0.1, 0.15) is 11.6 Å². The number of nitrogens with two attached hydrogens (primary N) is 1. The average molecular weight is 428 g/mol. The van der Waals surface area contributed by atoms with Gasteiger partial charge < -0.3 is 11.2 Å². The zero-order chi connectivity index (χ0) is 20.2. The van der Waals surface area contributed by atoms with Crippen molar-refractivity contribution in [3.05, 3.63) is 92.1 Å². The largest absolute Gasteiger partial charge is 0.365 e. The Hall–Kier alpha value is -3.17. The Morgan fingerprint density at radius 3 is 2.55 bits per heavy atom. The number of hydrogen-bond donors (Lipinski definition) is 2. The first-order valence-electron chi connectivity index (χ1n) is 8.87. The first-order chi connectivity index (χ1) is 14.1. The molecular weight excluding hydrogens is 410 g/mol. The van der Waals surface area contributed by atoms with E-state index in [1.54, 1.807) is 12.1 Å². The van der Waals surface area contributed by atoms with E-state index in [9.17, 15) is 4.79 Å². The predicted octanol–water partition coefficient (Wildman–Crippen LogP) is 2.51. The van der Waals surface area contributed by atoms with Gasteiger partial charge in [0.05, 0.1) is 0 Å². The van der Waals surface area contributed by atoms with Gasteiger partial charge in [0.15, 0.2) is 5.82 Å². The number of hydrogen-bond acceptors (Lipinski definition) is 7. The van der Waals surface area contributed by atoms with Crippen molar-refractivity contribution >= 4 is 28.1 Å². The molecule has 0 radical (unpaired) electrons. The molecule has 4 rings (SSSR count). The molecule has 10 heteroatoms. The van der Waals surface area contributed by atoms with E-state index in [4.69, 9.17) is 17.4 Å². The summed E-state index contributed by atoms with van der Waals surface area (Å²) in [5.74, 6) is 6.36. The van der Waals surface area contributed by atoms with Crippen LogP contribution in [0.15, 0.2) is 59.4 Å². The Bertz CT molecular complexity index is 1150. The summed E-state index contributed by atoms with van der Waals surface area (Å²) in [6.45, 7) is 0.861. The minimum atomic E-state index is -0.400. The van der Waals surface area contributed by atoms with Gasteiger partial charge >= 0.3 is 5.69 Å². The Labute approximate surface area is 175 Å². The van der Waals surface area contributed by atoms with Crippen LogP contribution in [0.1, 0.15) is 22.0 Å². The third-order valence-electron chi connectivity index (χ3n) is 4.26. The molecule has 2 aromatic carbocycles. The lowest BCUT2D eigenvalue weighted by molar-refractivity contribution is 0.640. The van der Waals surface area contributed by atoms with Crippen LogP contribution in [0.3, 0.4) is 0 Å². The van der Waals surface area contributed by atoms with E-state index in [-0.39, 0.29) is 6.54 Å². The second-order valence-electron chi connectivity index (χ2n) is 6.37. The van der Waals surface area contributed by atoms with E-state index in [1.165, 1.54) is 16.0 Å². The standard InChI is InChI=1S/C19H18ClN7OS/c20-15-8-6-13(7-9-15)10-16-25-26(19(28)27(16)21)12-17-23-24-18(29-17)22-11-14-4-2-1-3-5-14/h1-9H,10-12,21H2,(H,22,24). The molecule has 0 spiro atoms. The van der Waals surface area contributed by atoms with Gasteiger partial charge in [-0.3, -0.25) is 0 Å². The van der Waals surface area contributed by atoms with Crippen LogP contribution in [0.25, 0.3) is 0 Å². The maximum atomic E-state index is 12.4. The maximum absolute atomic E-state index is 12.4. The van der Waals surface area contributed by atoms with Gasteiger partial charge in [0, 0.05) is 18.0 Å². The van der Waals surface area contributed by atoms with Gasteiger partial charge in [-0.05, 0) is 23.3 Å². The summed E-state index contributed by atoms with van der Waals surface area (Å²) in [5, 5.41) is 17.9. The highest BCUT2D eigenvalue weighted by Crippen LogP contribution is 2.17. The number of nitrogens with zero attached hydrogens (tertiary/aromatic N) is 5. The highest BCUT2D eigenvalue weighted by atomic mass is 35.5. The van der Waals surface area contributed by atoms with Crippen LogP contribution in [0.2, 0.25) is 5.02 Å². The second kappa shape index (κ2) is 8.46. The second-order valence-corrected chi connectivity index (χ2v) is 7.87. The molecule has 0 atom stereocenters. The molecule has 0 saturated heterocycles. The number of nitrogens with one attached hydrogen (secondary N) is 1. The molecule has 0 saturated carbocycles. The number of nitrogen functional groups attached to an aromatic ring is 1. The molecule has 3 N–H and O–H groups in total. The Morgan fingerprint density at radius 1 is 1.03 bits per heavy atom. The molecule has 0 aliphatic heterocycles. The normalized spacial score (nSPS) is 10.9. The van der Waals surface area contributed by atoms with E-state index < -0.39 is 5.69 Å². The lowest BCUT2D eigenvalue weighted by Crippen LogP contribution is -2.31. The van der Waals surface area contributed by atoms with Gasteiger partial charge in [-0.2, -0.15) is 9.77 Å². The third-order valence-corrected chi connectivity index (χ3v) is 5.37. The Morgan fingerprint density at radius 2 is 1.79 bits per heavy atom. The summed E-state index contributed by atoms with van der Waals surface area (Å²) < 4.78 is 2.36. The van der Waals surface area contributed by atoms with E-state index in [0.717, 1.165) is 15.8 Å². The van der Waals surface area contributed by atoms with Crippen LogP contribution in [0.4, 0.5) is 5.13 Å². The smallest absolute Gasteiger partial charge is 0.356 e. The fourth-order valence-electron chi connectivity index (χ4n) is 2.76. The molecule has 0 fully saturated rings. The number of anilines is 1. The first-order valence-corrected chi connectivity index (χ1v) is 10.1. The monoisotopic (exact) mass is 427 g/mol. The Balaban J connectivity index is 1.44. The number of aromatic nitrogens is 5. The molecule has 4 aromatic rings. The summed E-state index contributed by atoms with van der Waals surface area (Å²) in [7, 11) is 0.